The summed E-state index contributed by atoms with van der Waals surface area (Å²) in [5.41, 5.74) is 2.30. The van der Waals surface area contributed by atoms with Gasteiger partial charge in [0.25, 0.3) is 5.91 Å². The number of fused-ring (bicyclic) bond motifs is 1. The average molecular weight is 330 g/mol. The number of anilines is 1. The second kappa shape index (κ2) is 6.14. The molecule has 2 aromatic carbocycles. The molecule has 5 nitrogen and oxygen atoms in total. The van der Waals surface area contributed by atoms with Gasteiger partial charge >= 0.3 is 0 Å². The molecule has 1 aliphatic rings. The van der Waals surface area contributed by atoms with Gasteiger partial charge in [-0.05, 0) is 42.3 Å². The van der Waals surface area contributed by atoms with E-state index >= 15 is 0 Å². The summed E-state index contributed by atoms with van der Waals surface area (Å²) in [7, 11) is -3.48. The lowest BCUT2D eigenvalue weighted by Gasteiger charge is -2.17. The molecular weight excluding hydrogens is 312 g/mol. The van der Waals surface area contributed by atoms with Gasteiger partial charge in [0.1, 0.15) is 0 Å². The van der Waals surface area contributed by atoms with Crippen LogP contribution in [-0.2, 0) is 16.4 Å². The molecule has 0 saturated carbocycles. The SMILES string of the molecule is CCNS(=O)(=O)c1ccc2c(c1)CCN2C(=O)c1ccccc1. The molecule has 23 heavy (non-hydrogen) atoms. The first kappa shape index (κ1) is 15.7. The maximum atomic E-state index is 12.6. The van der Waals surface area contributed by atoms with E-state index in [1.807, 2.05) is 18.2 Å². The van der Waals surface area contributed by atoms with Crippen molar-refractivity contribution in [2.24, 2.45) is 0 Å². The van der Waals surface area contributed by atoms with Crippen LogP contribution < -0.4 is 9.62 Å². The summed E-state index contributed by atoms with van der Waals surface area (Å²) in [5.74, 6) is -0.0633. The second-order valence-electron chi connectivity index (χ2n) is 5.36. The molecule has 0 saturated heterocycles. The molecule has 0 radical (unpaired) electrons. The number of benzene rings is 2. The van der Waals surface area contributed by atoms with Gasteiger partial charge in [-0.3, -0.25) is 4.79 Å². The van der Waals surface area contributed by atoms with Gasteiger partial charge in [-0.1, -0.05) is 25.1 Å². The Morgan fingerprint density at radius 3 is 2.61 bits per heavy atom. The van der Waals surface area contributed by atoms with Crippen LogP contribution in [0.5, 0.6) is 0 Å². The lowest BCUT2D eigenvalue weighted by Crippen LogP contribution is -2.28. The number of carbonyl (C=O) groups is 1. The summed E-state index contributed by atoms with van der Waals surface area (Å²) < 4.78 is 26.6. The second-order valence-corrected chi connectivity index (χ2v) is 7.13. The Kier molecular flexibility index (Phi) is 4.19. The van der Waals surface area contributed by atoms with Crippen molar-refractivity contribution in [1.29, 1.82) is 0 Å². The Morgan fingerprint density at radius 2 is 1.91 bits per heavy atom. The molecule has 1 aliphatic heterocycles. The predicted molar refractivity (Wildman–Crippen MR) is 89.1 cm³/mol. The third-order valence-corrected chi connectivity index (χ3v) is 5.40. The summed E-state index contributed by atoms with van der Waals surface area (Å²) >= 11 is 0. The molecule has 6 heteroatoms. The van der Waals surface area contributed by atoms with Crippen molar-refractivity contribution in [2.45, 2.75) is 18.2 Å². The fourth-order valence-electron chi connectivity index (χ4n) is 2.77. The Hall–Kier alpha value is -2.18. The highest BCUT2D eigenvalue weighted by Gasteiger charge is 2.27. The number of sulfonamides is 1. The van der Waals surface area contributed by atoms with Crippen LogP contribution in [0.25, 0.3) is 0 Å². The molecule has 2 aromatic rings. The van der Waals surface area contributed by atoms with Gasteiger partial charge in [-0.25, -0.2) is 13.1 Å². The van der Waals surface area contributed by atoms with Gasteiger partial charge in [0.2, 0.25) is 10.0 Å². The largest absolute Gasteiger partial charge is 0.308 e. The number of nitrogens with zero attached hydrogens (tertiary/aromatic N) is 1. The van der Waals surface area contributed by atoms with E-state index in [0.29, 0.717) is 25.1 Å². The van der Waals surface area contributed by atoms with Crippen LogP contribution in [0, 0.1) is 0 Å². The van der Waals surface area contributed by atoms with Gasteiger partial charge in [0, 0.05) is 24.3 Å². The lowest BCUT2D eigenvalue weighted by atomic mass is 10.1. The first-order valence-corrected chi connectivity index (χ1v) is 9.01. The van der Waals surface area contributed by atoms with Crippen molar-refractivity contribution in [3.8, 4) is 0 Å². The summed E-state index contributed by atoms with van der Waals surface area (Å²) in [6.45, 7) is 2.65. The van der Waals surface area contributed by atoms with Crippen molar-refractivity contribution < 1.29 is 13.2 Å². The van der Waals surface area contributed by atoms with E-state index in [4.69, 9.17) is 0 Å². The number of rotatable bonds is 4. The molecule has 3 rings (SSSR count). The highest BCUT2D eigenvalue weighted by molar-refractivity contribution is 7.89. The lowest BCUT2D eigenvalue weighted by molar-refractivity contribution is 0.0989. The van der Waals surface area contributed by atoms with E-state index < -0.39 is 10.0 Å². The van der Waals surface area contributed by atoms with Gasteiger partial charge < -0.3 is 4.90 Å². The van der Waals surface area contributed by atoms with E-state index in [1.54, 1.807) is 42.2 Å². The van der Waals surface area contributed by atoms with Gasteiger partial charge in [0.05, 0.1) is 4.90 Å². The third-order valence-electron chi connectivity index (χ3n) is 3.86. The minimum atomic E-state index is -3.48. The minimum Gasteiger partial charge on any atom is -0.308 e. The van der Waals surface area contributed by atoms with Crippen LogP contribution in [-0.4, -0.2) is 27.4 Å². The molecule has 0 aliphatic carbocycles. The maximum Gasteiger partial charge on any atom is 0.258 e. The summed E-state index contributed by atoms with van der Waals surface area (Å²) in [4.78, 5) is 14.5. The monoisotopic (exact) mass is 330 g/mol. The predicted octanol–water partition coefficient (Wildman–Crippen LogP) is 2.19. The first-order valence-electron chi connectivity index (χ1n) is 7.52. The Bertz CT molecular complexity index is 832. The molecule has 0 unspecified atom stereocenters. The average Bonchev–Trinajstić information content (AvgIpc) is 2.98. The van der Waals surface area contributed by atoms with Crippen LogP contribution >= 0.6 is 0 Å². The Labute approximate surface area is 136 Å². The molecule has 0 spiro atoms. The third kappa shape index (κ3) is 3.00. The summed E-state index contributed by atoms with van der Waals surface area (Å²) in [6, 6.07) is 14.0. The number of hydrogen-bond acceptors (Lipinski definition) is 3. The van der Waals surface area contributed by atoms with Gasteiger partial charge in [0.15, 0.2) is 0 Å². The van der Waals surface area contributed by atoms with Crippen molar-refractivity contribution in [3.63, 3.8) is 0 Å². The number of nitrogens with one attached hydrogen (secondary N) is 1. The molecule has 0 bridgehead atoms. The molecule has 120 valence electrons. The molecule has 0 fully saturated rings. The van der Waals surface area contributed by atoms with Gasteiger partial charge in [-0.15, -0.1) is 0 Å². The van der Waals surface area contributed by atoms with Crippen LogP contribution in [0.15, 0.2) is 53.4 Å². The highest BCUT2D eigenvalue weighted by Crippen LogP contribution is 2.31. The van der Waals surface area contributed by atoms with Crippen molar-refractivity contribution >= 4 is 21.6 Å². The smallest absolute Gasteiger partial charge is 0.258 e. The van der Waals surface area contributed by atoms with Crippen molar-refractivity contribution in [1.82, 2.24) is 4.72 Å². The minimum absolute atomic E-state index is 0.0633. The fraction of sp³-hybridized carbons (Fsp3) is 0.235. The molecule has 1 amide bonds. The van der Waals surface area contributed by atoms with E-state index in [9.17, 15) is 13.2 Å². The van der Waals surface area contributed by atoms with E-state index in [-0.39, 0.29) is 10.8 Å². The number of hydrogen-bond donors (Lipinski definition) is 1. The highest BCUT2D eigenvalue weighted by atomic mass is 32.2. The fourth-order valence-corrected chi connectivity index (χ4v) is 3.86. The van der Waals surface area contributed by atoms with Crippen LogP contribution in [0.2, 0.25) is 0 Å². The first-order chi connectivity index (χ1) is 11.0. The summed E-state index contributed by atoms with van der Waals surface area (Å²) in [5, 5.41) is 0. The van der Waals surface area contributed by atoms with Crippen LogP contribution in [0.4, 0.5) is 5.69 Å². The van der Waals surface area contributed by atoms with E-state index in [0.717, 1.165) is 11.3 Å². The molecule has 1 heterocycles. The molecule has 0 aromatic heterocycles. The Balaban J connectivity index is 1.92. The van der Waals surface area contributed by atoms with E-state index in [1.165, 1.54) is 0 Å². The topological polar surface area (TPSA) is 66.5 Å². The number of carbonyl (C=O) groups excluding carboxylic acids is 1. The quantitative estimate of drug-likeness (QED) is 0.934. The molecule has 0 atom stereocenters. The standard InChI is InChI=1S/C17H18N2O3S/c1-2-18-23(21,22)15-8-9-16-14(12-15)10-11-19(16)17(20)13-6-4-3-5-7-13/h3-9,12,18H,2,10-11H2,1H3. The van der Waals surface area contributed by atoms with Gasteiger partial charge in [-0.2, -0.15) is 0 Å². The normalized spacial score (nSPS) is 13.9. The van der Waals surface area contributed by atoms with Crippen molar-refractivity contribution in [3.05, 3.63) is 59.7 Å². The van der Waals surface area contributed by atoms with E-state index in [2.05, 4.69) is 4.72 Å². The number of amides is 1. The van der Waals surface area contributed by atoms with Crippen molar-refractivity contribution in [2.75, 3.05) is 18.0 Å². The zero-order chi connectivity index (χ0) is 16.4. The van der Waals surface area contributed by atoms with Crippen LogP contribution in [0.3, 0.4) is 0 Å². The zero-order valence-electron chi connectivity index (χ0n) is 12.8. The summed E-state index contributed by atoms with van der Waals surface area (Å²) in [6.07, 6.45) is 0.656. The zero-order valence-corrected chi connectivity index (χ0v) is 13.6. The maximum absolute atomic E-state index is 12.6. The molecular formula is C17H18N2O3S. The Morgan fingerprint density at radius 1 is 1.17 bits per heavy atom. The van der Waals surface area contributed by atoms with Crippen LogP contribution in [0.1, 0.15) is 22.8 Å². The molecule has 1 N–H and O–H groups in total.